The first kappa shape index (κ1) is 12.0. The van der Waals surface area contributed by atoms with Gasteiger partial charge < -0.3 is 5.73 Å². The molecular weight excluding hydrogens is 203 g/mol. The van der Waals surface area contributed by atoms with Gasteiger partial charge in [-0.25, -0.2) is 0 Å². The Morgan fingerprint density at radius 1 is 1.33 bits per heavy atom. The first-order valence-electron chi connectivity index (χ1n) is 4.79. The third-order valence-electron chi connectivity index (χ3n) is 2.44. The van der Waals surface area contributed by atoms with Crippen LogP contribution < -0.4 is 5.73 Å². The fourth-order valence-corrected chi connectivity index (χ4v) is 1.41. The second kappa shape index (κ2) is 4.23. The second-order valence-corrected chi connectivity index (χ2v) is 3.59. The summed E-state index contributed by atoms with van der Waals surface area (Å²) in [5.74, 6) is 0. The largest absolute Gasteiger partial charge is 0.416 e. The van der Waals surface area contributed by atoms with Gasteiger partial charge in [-0.1, -0.05) is 19.1 Å². The Labute approximate surface area is 87.1 Å². The lowest BCUT2D eigenvalue weighted by molar-refractivity contribution is -0.138. The van der Waals surface area contributed by atoms with Crippen molar-refractivity contribution in [1.82, 2.24) is 0 Å². The number of hydrogen-bond donors (Lipinski definition) is 1. The number of alkyl halides is 3. The van der Waals surface area contributed by atoms with Gasteiger partial charge in [-0.05, 0) is 30.5 Å². The molecule has 0 saturated heterocycles. The number of benzene rings is 1. The Balaban J connectivity index is 3.17. The molecule has 4 heteroatoms. The molecule has 1 nitrogen and oxygen atoms in total. The summed E-state index contributed by atoms with van der Waals surface area (Å²) >= 11 is 0. The van der Waals surface area contributed by atoms with Crippen LogP contribution in [0.1, 0.15) is 36.1 Å². The molecule has 0 amide bonds. The van der Waals surface area contributed by atoms with Crippen molar-refractivity contribution in [2.24, 2.45) is 5.73 Å². The van der Waals surface area contributed by atoms with E-state index in [1.807, 2.05) is 6.92 Å². The van der Waals surface area contributed by atoms with E-state index in [1.54, 1.807) is 6.07 Å². The smallest absolute Gasteiger partial charge is 0.324 e. The minimum Gasteiger partial charge on any atom is -0.324 e. The highest BCUT2D eigenvalue weighted by molar-refractivity contribution is 5.34. The van der Waals surface area contributed by atoms with Crippen molar-refractivity contribution >= 4 is 0 Å². The molecule has 84 valence electrons. The predicted octanol–water partition coefficient (Wildman–Crippen LogP) is 3.42. The molecule has 1 aromatic rings. The minimum atomic E-state index is -4.30. The zero-order valence-corrected chi connectivity index (χ0v) is 8.73. The van der Waals surface area contributed by atoms with Crippen molar-refractivity contribution in [2.45, 2.75) is 32.5 Å². The van der Waals surface area contributed by atoms with Crippen LogP contribution in [0.4, 0.5) is 13.2 Å². The van der Waals surface area contributed by atoms with E-state index in [9.17, 15) is 13.2 Å². The molecule has 0 unspecified atom stereocenters. The lowest BCUT2D eigenvalue weighted by Crippen LogP contribution is -2.13. The number of halogens is 3. The number of hydrogen-bond acceptors (Lipinski definition) is 1. The van der Waals surface area contributed by atoms with Gasteiger partial charge in [-0.15, -0.1) is 0 Å². The topological polar surface area (TPSA) is 26.0 Å². The molecule has 0 spiro atoms. The summed E-state index contributed by atoms with van der Waals surface area (Å²) in [5.41, 5.74) is 5.86. The van der Waals surface area contributed by atoms with E-state index in [2.05, 4.69) is 0 Å². The minimum absolute atomic E-state index is 0.231. The average molecular weight is 217 g/mol. The average Bonchev–Trinajstić information content (AvgIpc) is 2.15. The molecule has 0 saturated carbocycles. The van der Waals surface area contributed by atoms with E-state index in [0.29, 0.717) is 12.0 Å². The first-order valence-corrected chi connectivity index (χ1v) is 4.79. The number of aryl methyl sites for hydroxylation is 1. The van der Waals surface area contributed by atoms with Crippen LogP contribution in [0.2, 0.25) is 0 Å². The summed E-state index contributed by atoms with van der Waals surface area (Å²) in [6.07, 6.45) is -3.67. The molecule has 0 aliphatic heterocycles. The molecule has 15 heavy (non-hydrogen) atoms. The summed E-state index contributed by atoms with van der Waals surface area (Å²) in [4.78, 5) is 0. The molecule has 0 fully saturated rings. The molecule has 1 aromatic carbocycles. The second-order valence-electron chi connectivity index (χ2n) is 3.59. The van der Waals surface area contributed by atoms with Crippen LogP contribution in [0.5, 0.6) is 0 Å². The van der Waals surface area contributed by atoms with Gasteiger partial charge in [0.15, 0.2) is 0 Å². The summed E-state index contributed by atoms with van der Waals surface area (Å²) in [6.45, 7) is 3.29. The molecular formula is C11H14F3N. The van der Waals surface area contributed by atoms with Crippen molar-refractivity contribution in [2.75, 3.05) is 0 Å². The van der Waals surface area contributed by atoms with Gasteiger partial charge in [-0.2, -0.15) is 13.2 Å². The van der Waals surface area contributed by atoms with Crippen LogP contribution in [-0.2, 0) is 6.18 Å². The zero-order chi connectivity index (χ0) is 11.6. The summed E-state index contributed by atoms with van der Waals surface area (Å²) in [6, 6.07) is 3.93. The maximum atomic E-state index is 12.6. The van der Waals surface area contributed by atoms with Gasteiger partial charge in [0.1, 0.15) is 0 Å². The molecule has 0 aromatic heterocycles. The van der Waals surface area contributed by atoms with E-state index in [-0.39, 0.29) is 11.6 Å². The maximum Gasteiger partial charge on any atom is 0.416 e. The highest BCUT2D eigenvalue weighted by atomic mass is 19.4. The van der Waals surface area contributed by atoms with Gasteiger partial charge in [0, 0.05) is 6.04 Å². The highest BCUT2D eigenvalue weighted by Gasteiger charge is 2.32. The molecule has 0 bridgehead atoms. The molecule has 1 rings (SSSR count). The Morgan fingerprint density at radius 3 is 2.40 bits per heavy atom. The summed E-state index contributed by atoms with van der Waals surface area (Å²) in [7, 11) is 0. The molecule has 0 aliphatic rings. The third-order valence-corrected chi connectivity index (χ3v) is 2.44. The number of rotatable bonds is 2. The molecule has 0 heterocycles. The van der Waals surface area contributed by atoms with Gasteiger partial charge in [0.05, 0.1) is 5.56 Å². The molecule has 2 N–H and O–H groups in total. The Hall–Kier alpha value is -1.03. The third kappa shape index (κ3) is 2.72. The molecule has 1 atom stereocenters. The van der Waals surface area contributed by atoms with Crippen molar-refractivity contribution in [3.05, 3.63) is 34.9 Å². The highest BCUT2D eigenvalue weighted by Crippen LogP contribution is 2.33. The van der Waals surface area contributed by atoms with E-state index in [0.717, 1.165) is 6.07 Å². The van der Waals surface area contributed by atoms with Gasteiger partial charge in [0.2, 0.25) is 0 Å². The fourth-order valence-electron chi connectivity index (χ4n) is 1.41. The van der Waals surface area contributed by atoms with Crippen LogP contribution in [0.15, 0.2) is 18.2 Å². The van der Waals surface area contributed by atoms with Crippen LogP contribution in [-0.4, -0.2) is 0 Å². The lowest BCUT2D eigenvalue weighted by atomic mass is 9.99. The van der Waals surface area contributed by atoms with E-state index in [1.165, 1.54) is 13.0 Å². The van der Waals surface area contributed by atoms with Crippen molar-refractivity contribution < 1.29 is 13.2 Å². The molecule has 0 radical (unpaired) electrons. The van der Waals surface area contributed by atoms with E-state index < -0.39 is 11.7 Å². The standard InChI is InChI=1S/C11H14F3N/c1-3-10(15)8-5-4-7(2)9(6-8)11(12,13)14/h4-6,10H,3,15H2,1-2H3/t10-/m1/s1. The van der Waals surface area contributed by atoms with Crippen molar-refractivity contribution in [3.63, 3.8) is 0 Å². The molecule has 0 aliphatic carbocycles. The first-order chi connectivity index (χ1) is 6.86. The SMILES string of the molecule is CC[C@@H](N)c1ccc(C)c(C(F)(F)F)c1. The monoisotopic (exact) mass is 217 g/mol. The number of nitrogens with two attached hydrogens (primary N) is 1. The summed E-state index contributed by atoms with van der Waals surface area (Å²) < 4.78 is 37.7. The van der Waals surface area contributed by atoms with Gasteiger partial charge in [-0.3, -0.25) is 0 Å². The predicted molar refractivity (Wildman–Crippen MR) is 53.4 cm³/mol. The zero-order valence-electron chi connectivity index (χ0n) is 8.73. The van der Waals surface area contributed by atoms with Crippen LogP contribution in [0.3, 0.4) is 0 Å². The lowest BCUT2D eigenvalue weighted by Gasteiger charge is -2.15. The fraction of sp³-hybridized carbons (Fsp3) is 0.455. The van der Waals surface area contributed by atoms with Gasteiger partial charge >= 0.3 is 6.18 Å². The summed E-state index contributed by atoms with van der Waals surface area (Å²) in [5, 5.41) is 0. The normalized spacial score (nSPS) is 14.0. The van der Waals surface area contributed by atoms with E-state index in [4.69, 9.17) is 5.73 Å². The van der Waals surface area contributed by atoms with Gasteiger partial charge in [0.25, 0.3) is 0 Å². The van der Waals surface area contributed by atoms with Crippen LogP contribution >= 0.6 is 0 Å². The Kier molecular flexibility index (Phi) is 3.39. The van der Waals surface area contributed by atoms with Crippen molar-refractivity contribution in [1.29, 1.82) is 0 Å². The Morgan fingerprint density at radius 2 is 1.93 bits per heavy atom. The Bertz CT molecular complexity index is 344. The van der Waals surface area contributed by atoms with Crippen LogP contribution in [0, 0.1) is 6.92 Å². The van der Waals surface area contributed by atoms with Crippen molar-refractivity contribution in [3.8, 4) is 0 Å². The van der Waals surface area contributed by atoms with E-state index >= 15 is 0 Å². The quantitative estimate of drug-likeness (QED) is 0.807. The van der Waals surface area contributed by atoms with Crippen LogP contribution in [0.25, 0.3) is 0 Å². The maximum absolute atomic E-state index is 12.6.